The molecule has 5 nitrogen and oxygen atoms in total. The molecule has 5 heteroatoms. The zero-order valence-electron chi connectivity index (χ0n) is 18.1. The number of benzene rings is 1. The van der Waals surface area contributed by atoms with Gasteiger partial charge in [0.05, 0.1) is 0 Å². The fourth-order valence-corrected chi connectivity index (χ4v) is 3.59. The molecule has 0 amide bonds. The third-order valence-corrected chi connectivity index (χ3v) is 5.27. The summed E-state index contributed by atoms with van der Waals surface area (Å²) in [7, 11) is 0. The topological polar surface area (TPSA) is 83.5 Å². The number of carbonyl (C=O) groups is 3. The van der Waals surface area contributed by atoms with E-state index < -0.39 is 5.97 Å². The second kappa shape index (κ2) is 13.9. The molecule has 2 atom stereocenters. The Kier molecular flexibility index (Phi) is 11.9. The first-order valence-electron chi connectivity index (χ1n) is 10.8. The zero-order valence-corrected chi connectivity index (χ0v) is 18.1. The number of carboxylic acids is 1. The lowest BCUT2D eigenvalue weighted by Gasteiger charge is -2.19. The van der Waals surface area contributed by atoms with Gasteiger partial charge in [0.1, 0.15) is 11.9 Å². The third kappa shape index (κ3) is 11.4. The van der Waals surface area contributed by atoms with E-state index in [9.17, 15) is 19.5 Å². The molecule has 0 heterocycles. The van der Waals surface area contributed by atoms with Crippen LogP contribution in [0, 0.1) is 5.92 Å². The van der Waals surface area contributed by atoms with Gasteiger partial charge in [-0.15, -0.1) is 0 Å². The Hall–Kier alpha value is -2.17. The van der Waals surface area contributed by atoms with Crippen molar-refractivity contribution in [2.75, 3.05) is 0 Å². The smallest absolute Gasteiger partial charge is 0.302 e. The Bertz CT molecular complexity index is 635. The first-order chi connectivity index (χ1) is 13.8. The van der Waals surface area contributed by atoms with Crippen LogP contribution in [0.1, 0.15) is 83.3 Å². The number of ether oxygens (including phenoxy) is 1. The molecule has 0 bridgehead atoms. The SMILES string of the molecule is CCCCCC(CCCC(CCc1ccc(CC(=O)[O-])cc1)C(C)=O)OC(C)=O. The number of carbonyl (C=O) groups excluding carboxylic acids is 3. The van der Waals surface area contributed by atoms with E-state index in [0.29, 0.717) is 0 Å². The van der Waals surface area contributed by atoms with Crippen molar-refractivity contribution in [3.8, 4) is 0 Å². The van der Waals surface area contributed by atoms with Crippen LogP contribution in [0.2, 0.25) is 0 Å². The molecule has 0 saturated heterocycles. The quantitative estimate of drug-likeness (QED) is 0.328. The minimum absolute atomic E-state index is 0.00786. The van der Waals surface area contributed by atoms with Crippen LogP contribution in [-0.4, -0.2) is 23.8 Å². The Balaban J connectivity index is 2.48. The van der Waals surface area contributed by atoms with E-state index in [4.69, 9.17) is 4.74 Å². The summed E-state index contributed by atoms with van der Waals surface area (Å²) >= 11 is 0. The van der Waals surface area contributed by atoms with Crippen LogP contribution in [0.25, 0.3) is 0 Å². The van der Waals surface area contributed by atoms with Gasteiger partial charge in [-0.2, -0.15) is 0 Å². The first-order valence-corrected chi connectivity index (χ1v) is 10.8. The lowest BCUT2D eigenvalue weighted by molar-refractivity contribution is -0.304. The van der Waals surface area contributed by atoms with Crippen molar-refractivity contribution in [3.63, 3.8) is 0 Å². The summed E-state index contributed by atoms with van der Waals surface area (Å²) in [5, 5.41) is 10.6. The summed E-state index contributed by atoms with van der Waals surface area (Å²) in [6.07, 6.45) is 8.06. The molecule has 1 rings (SSSR count). The summed E-state index contributed by atoms with van der Waals surface area (Å²) in [4.78, 5) is 34.0. The number of esters is 1. The maximum absolute atomic E-state index is 12.0. The normalized spacial score (nSPS) is 12.9. The van der Waals surface area contributed by atoms with E-state index in [1.54, 1.807) is 19.1 Å². The number of carboxylic acid groups (broad SMARTS) is 1. The Morgan fingerprint density at radius 2 is 1.52 bits per heavy atom. The minimum atomic E-state index is -1.09. The average molecular weight is 404 g/mol. The van der Waals surface area contributed by atoms with Gasteiger partial charge < -0.3 is 14.6 Å². The number of Topliss-reactive ketones (excluding diaryl/α,β-unsaturated/α-hetero) is 1. The second-order valence-corrected chi connectivity index (χ2v) is 7.87. The number of hydrogen-bond donors (Lipinski definition) is 0. The largest absolute Gasteiger partial charge is 0.550 e. The van der Waals surface area contributed by atoms with Gasteiger partial charge in [0, 0.05) is 25.2 Å². The number of aryl methyl sites for hydroxylation is 1. The number of aliphatic carboxylic acids is 1. The Morgan fingerprint density at radius 1 is 0.897 bits per heavy atom. The highest BCUT2D eigenvalue weighted by atomic mass is 16.5. The van der Waals surface area contributed by atoms with Crippen molar-refractivity contribution in [1.82, 2.24) is 0 Å². The van der Waals surface area contributed by atoms with Crippen molar-refractivity contribution in [2.45, 2.75) is 91.1 Å². The fraction of sp³-hybridized carbons (Fsp3) is 0.625. The van der Waals surface area contributed by atoms with Gasteiger partial charge in [0.15, 0.2) is 0 Å². The van der Waals surface area contributed by atoms with E-state index in [0.717, 1.165) is 68.9 Å². The maximum atomic E-state index is 12.0. The highest BCUT2D eigenvalue weighted by molar-refractivity contribution is 5.78. The second-order valence-electron chi connectivity index (χ2n) is 7.87. The first kappa shape index (κ1) is 24.9. The predicted molar refractivity (Wildman–Crippen MR) is 111 cm³/mol. The van der Waals surface area contributed by atoms with Crippen LogP contribution in [0.3, 0.4) is 0 Å². The van der Waals surface area contributed by atoms with Gasteiger partial charge in [-0.25, -0.2) is 0 Å². The minimum Gasteiger partial charge on any atom is -0.550 e. The molecular weight excluding hydrogens is 368 g/mol. The van der Waals surface area contributed by atoms with Crippen LogP contribution in [0.5, 0.6) is 0 Å². The molecule has 29 heavy (non-hydrogen) atoms. The van der Waals surface area contributed by atoms with E-state index in [1.807, 2.05) is 12.1 Å². The monoisotopic (exact) mass is 403 g/mol. The van der Waals surface area contributed by atoms with E-state index in [2.05, 4.69) is 6.92 Å². The molecule has 1 aromatic carbocycles. The van der Waals surface area contributed by atoms with Gasteiger partial charge in [0.2, 0.25) is 0 Å². The zero-order chi connectivity index (χ0) is 21.6. The molecule has 2 unspecified atom stereocenters. The van der Waals surface area contributed by atoms with Gasteiger partial charge in [-0.05, 0) is 63.0 Å². The average Bonchev–Trinajstić information content (AvgIpc) is 2.64. The molecule has 0 saturated carbocycles. The van der Waals surface area contributed by atoms with Gasteiger partial charge in [-0.1, -0.05) is 44.0 Å². The summed E-state index contributed by atoms with van der Waals surface area (Å²) in [6.45, 7) is 5.23. The van der Waals surface area contributed by atoms with Crippen LogP contribution in [0.15, 0.2) is 24.3 Å². The number of unbranched alkanes of at least 4 members (excludes halogenated alkanes) is 2. The summed E-state index contributed by atoms with van der Waals surface area (Å²) in [6, 6.07) is 7.43. The van der Waals surface area contributed by atoms with E-state index in [1.165, 1.54) is 6.92 Å². The van der Waals surface area contributed by atoms with Crippen molar-refractivity contribution in [1.29, 1.82) is 0 Å². The lowest BCUT2D eigenvalue weighted by Crippen LogP contribution is -2.24. The van der Waals surface area contributed by atoms with Crippen LogP contribution in [0.4, 0.5) is 0 Å². The van der Waals surface area contributed by atoms with Crippen molar-refractivity contribution in [3.05, 3.63) is 35.4 Å². The Morgan fingerprint density at radius 3 is 2.07 bits per heavy atom. The molecule has 0 N–H and O–H groups in total. The van der Waals surface area contributed by atoms with Crippen molar-refractivity contribution >= 4 is 17.7 Å². The number of ketones is 1. The molecule has 162 valence electrons. The Labute approximate surface area is 174 Å². The highest BCUT2D eigenvalue weighted by Crippen LogP contribution is 2.21. The molecule has 0 aliphatic carbocycles. The van der Waals surface area contributed by atoms with Gasteiger partial charge in [-0.3, -0.25) is 9.59 Å². The predicted octanol–water partition coefficient (Wildman–Crippen LogP) is 3.80. The van der Waals surface area contributed by atoms with Crippen LogP contribution < -0.4 is 5.11 Å². The lowest BCUT2D eigenvalue weighted by atomic mass is 9.90. The standard InChI is InChI=1S/C24H36O5/c1-4-5-6-9-23(29-19(3)26)10-7-8-22(18(2)25)16-15-20-11-13-21(14-12-20)17-24(27)28/h11-14,22-23H,4-10,15-17H2,1-3H3,(H,27,28)/p-1. The van der Waals surface area contributed by atoms with E-state index >= 15 is 0 Å². The van der Waals surface area contributed by atoms with Crippen LogP contribution in [-0.2, 0) is 32.0 Å². The molecule has 0 aliphatic heterocycles. The molecular formula is C24H35O5-. The molecule has 0 aliphatic rings. The summed E-state index contributed by atoms with van der Waals surface area (Å²) in [5.41, 5.74) is 1.81. The number of hydrogen-bond acceptors (Lipinski definition) is 5. The summed E-state index contributed by atoms with van der Waals surface area (Å²) < 4.78 is 5.44. The number of rotatable bonds is 15. The maximum Gasteiger partial charge on any atom is 0.302 e. The molecule has 0 spiro atoms. The van der Waals surface area contributed by atoms with E-state index in [-0.39, 0.29) is 30.2 Å². The fourth-order valence-electron chi connectivity index (χ4n) is 3.59. The van der Waals surface area contributed by atoms with Crippen LogP contribution >= 0.6 is 0 Å². The highest BCUT2D eigenvalue weighted by Gasteiger charge is 2.17. The molecule has 0 radical (unpaired) electrons. The van der Waals surface area contributed by atoms with Crippen molar-refractivity contribution in [2.24, 2.45) is 5.92 Å². The molecule has 0 aromatic heterocycles. The van der Waals surface area contributed by atoms with Gasteiger partial charge in [0.25, 0.3) is 0 Å². The summed E-state index contributed by atoms with van der Waals surface area (Å²) in [5.74, 6) is -1.15. The van der Waals surface area contributed by atoms with Gasteiger partial charge >= 0.3 is 5.97 Å². The molecule has 0 fully saturated rings. The van der Waals surface area contributed by atoms with Crippen molar-refractivity contribution < 1.29 is 24.2 Å². The molecule has 1 aromatic rings. The third-order valence-electron chi connectivity index (χ3n) is 5.27.